The van der Waals surface area contributed by atoms with E-state index < -0.39 is 18.2 Å². The Morgan fingerprint density at radius 2 is 1.15 bits per heavy atom. The van der Waals surface area contributed by atoms with Gasteiger partial charge < -0.3 is 49.4 Å². The summed E-state index contributed by atoms with van der Waals surface area (Å²) in [6, 6.07) is 0. The third kappa shape index (κ3) is 668. The minimum absolute atomic E-state index is 0. The van der Waals surface area contributed by atoms with Gasteiger partial charge in [0.1, 0.15) is 0 Å². The Bertz CT molecular complexity index is 202. The molecule has 0 spiro atoms. The van der Waals surface area contributed by atoms with E-state index in [1.165, 1.54) is 0 Å². The zero-order chi connectivity index (χ0) is 9.00. The monoisotopic (exact) mass is 363 g/mol. The van der Waals surface area contributed by atoms with E-state index in [0.29, 0.717) is 0 Å². The first-order chi connectivity index (χ1) is 4.00. The summed E-state index contributed by atoms with van der Waals surface area (Å²) in [6.07, 6.45) is 0. The minimum atomic E-state index is -4.92. The molecule has 0 aliphatic heterocycles. The van der Waals surface area contributed by atoms with Crippen LogP contribution in [0.5, 0.6) is 0 Å². The molecular formula is H8INNaO8PS. The van der Waals surface area contributed by atoms with Crippen LogP contribution in [0.4, 0.5) is 0 Å². The van der Waals surface area contributed by atoms with E-state index >= 15 is 0 Å². The summed E-state index contributed by atoms with van der Waals surface area (Å²) >= 11 is 0. The Labute approximate surface area is 114 Å². The normalized spacial score (nSPS) is 9.00. The van der Waals surface area contributed by atoms with Crippen molar-refractivity contribution in [1.29, 1.82) is 0 Å². The second kappa shape index (κ2) is 11.7. The Balaban J connectivity index is -0.0000000267. The van der Waals surface area contributed by atoms with Gasteiger partial charge in [0.25, 0.3) is 0 Å². The van der Waals surface area contributed by atoms with Gasteiger partial charge in [-0.1, -0.05) is 0 Å². The zero-order valence-corrected chi connectivity index (χ0v) is 12.5. The maximum Gasteiger partial charge on any atom is 1.00 e. The van der Waals surface area contributed by atoms with Gasteiger partial charge in [-0.2, -0.15) is 0 Å². The van der Waals surface area contributed by atoms with E-state index in [2.05, 4.69) is 0 Å². The molecule has 0 rings (SSSR count). The maximum absolute atomic E-state index is 8.88. The van der Waals surface area contributed by atoms with E-state index in [0.717, 1.165) is 0 Å². The number of rotatable bonds is 0. The molecule has 0 radical (unpaired) electrons. The fourth-order valence-corrected chi connectivity index (χ4v) is 0. The molecule has 0 bridgehead atoms. The van der Waals surface area contributed by atoms with Crippen molar-refractivity contribution in [3.63, 3.8) is 0 Å². The molecule has 0 aromatic rings. The maximum atomic E-state index is 8.88. The number of phosphoric acid groups is 1. The van der Waals surface area contributed by atoms with Crippen LogP contribution in [-0.4, -0.2) is 32.2 Å². The SMILES string of the molecule is O=P(O)(O)O.O=S(=O)([O-])O.[I-].[NH4+].[Na+]. The van der Waals surface area contributed by atoms with Gasteiger partial charge in [-0.15, -0.1) is 0 Å². The molecule has 0 saturated carbocycles. The third-order valence-electron chi connectivity index (χ3n) is 0. The summed E-state index contributed by atoms with van der Waals surface area (Å²) in [5.74, 6) is 0. The van der Waals surface area contributed by atoms with Crippen molar-refractivity contribution in [1.82, 2.24) is 6.15 Å². The molecule has 8 N–H and O–H groups in total. The molecule has 0 aromatic carbocycles. The molecule has 0 aliphatic rings. The Hall–Kier alpha value is 1.67. The molecule has 13 heteroatoms. The van der Waals surface area contributed by atoms with Gasteiger partial charge >= 0.3 is 37.4 Å². The standard InChI is InChI=1S/HI.H3N.Na.H3O4P.H2O4S/c;;;2*1-5(2,3)4/h1H;1H3;;(H3,1,2,3,4);(H2,1,2,3,4)/q;;+1;;/p-1. The molecule has 0 aliphatic carbocycles. The molecule has 0 aromatic heterocycles. The molecular weight excluding hydrogens is 355 g/mol. The van der Waals surface area contributed by atoms with Gasteiger partial charge in [-0.05, 0) is 0 Å². The van der Waals surface area contributed by atoms with Crippen molar-refractivity contribution >= 4 is 18.2 Å². The Morgan fingerprint density at radius 3 is 1.15 bits per heavy atom. The molecule has 13 heavy (non-hydrogen) atoms. The van der Waals surface area contributed by atoms with Gasteiger partial charge in [-0.3, -0.25) is 4.55 Å². The first-order valence-corrected chi connectivity index (χ1v) is 4.40. The molecule has 80 valence electrons. The summed E-state index contributed by atoms with van der Waals surface area (Å²) in [4.78, 5) is 21.6. The van der Waals surface area contributed by atoms with E-state index in [9.17, 15) is 0 Å². The summed E-state index contributed by atoms with van der Waals surface area (Å²) < 4.78 is 41.7. The number of halogens is 1. The quantitative estimate of drug-likeness (QED) is 0.0921. The predicted molar refractivity (Wildman–Crippen MR) is 32.6 cm³/mol. The van der Waals surface area contributed by atoms with Crippen LogP contribution in [0.2, 0.25) is 0 Å². The molecule has 0 saturated heterocycles. The summed E-state index contributed by atoms with van der Waals surface area (Å²) in [5.41, 5.74) is 0. The van der Waals surface area contributed by atoms with Crippen LogP contribution in [0.3, 0.4) is 0 Å². The van der Waals surface area contributed by atoms with Crippen molar-refractivity contribution in [3.8, 4) is 0 Å². The topological polar surface area (TPSA) is 192 Å². The van der Waals surface area contributed by atoms with Crippen molar-refractivity contribution in [2.45, 2.75) is 0 Å². The number of hydrogen-bond acceptors (Lipinski definition) is 4. The van der Waals surface area contributed by atoms with Gasteiger partial charge in [0.15, 0.2) is 0 Å². The van der Waals surface area contributed by atoms with Crippen LogP contribution in [-0.2, 0) is 15.0 Å². The van der Waals surface area contributed by atoms with Crippen molar-refractivity contribution < 1.29 is 90.3 Å². The van der Waals surface area contributed by atoms with E-state index in [1.54, 1.807) is 0 Å². The van der Waals surface area contributed by atoms with Gasteiger partial charge in [0, 0.05) is 0 Å². The van der Waals surface area contributed by atoms with E-state index in [-0.39, 0.29) is 59.7 Å². The third-order valence-corrected chi connectivity index (χ3v) is 0. The predicted octanol–water partition coefficient (Wildman–Crippen LogP) is -7.54. The summed E-state index contributed by atoms with van der Waals surface area (Å²) in [6.45, 7) is 0. The van der Waals surface area contributed by atoms with Gasteiger partial charge in [-0.25, -0.2) is 13.0 Å². The van der Waals surface area contributed by atoms with Crippen LogP contribution in [0, 0.1) is 0 Å². The average molecular weight is 363 g/mol. The molecule has 9 nitrogen and oxygen atoms in total. The Kier molecular flexibility index (Phi) is 26.5. The van der Waals surface area contributed by atoms with Crippen LogP contribution in [0.25, 0.3) is 0 Å². The number of quaternary nitrogens is 1. The van der Waals surface area contributed by atoms with Crippen molar-refractivity contribution in [2.75, 3.05) is 0 Å². The first-order valence-electron chi connectivity index (χ1n) is 1.47. The largest absolute Gasteiger partial charge is 1.00 e. The average Bonchev–Trinajstić information content (AvgIpc) is 1.12. The zero-order valence-electron chi connectivity index (χ0n) is 6.66. The Morgan fingerprint density at radius 1 is 1.15 bits per heavy atom. The number of hydrogen-bond donors (Lipinski definition) is 5. The molecule has 0 amide bonds. The van der Waals surface area contributed by atoms with Crippen molar-refractivity contribution in [2.24, 2.45) is 0 Å². The molecule has 0 atom stereocenters. The van der Waals surface area contributed by atoms with Crippen LogP contribution >= 0.6 is 7.82 Å². The van der Waals surface area contributed by atoms with Crippen LogP contribution in [0.1, 0.15) is 0 Å². The fraction of sp³-hybridized carbons (Fsp3) is 0. The minimum Gasteiger partial charge on any atom is -1.00 e. The molecule has 0 heterocycles. The fourth-order valence-electron chi connectivity index (χ4n) is 0. The smallest absolute Gasteiger partial charge is 1.00 e. The molecule has 0 unspecified atom stereocenters. The van der Waals surface area contributed by atoms with E-state index in [4.69, 9.17) is 36.8 Å². The molecule has 0 fully saturated rings. The second-order valence-electron chi connectivity index (χ2n) is 0.941. The van der Waals surface area contributed by atoms with Crippen molar-refractivity contribution in [3.05, 3.63) is 0 Å². The second-order valence-corrected chi connectivity index (χ2v) is 2.82. The van der Waals surface area contributed by atoms with Crippen LogP contribution < -0.4 is 59.7 Å². The van der Waals surface area contributed by atoms with E-state index in [1.807, 2.05) is 0 Å². The van der Waals surface area contributed by atoms with Gasteiger partial charge in [0.05, 0.1) is 0 Å². The van der Waals surface area contributed by atoms with Gasteiger partial charge in [0.2, 0.25) is 10.4 Å². The summed E-state index contributed by atoms with van der Waals surface area (Å²) in [7, 11) is -9.56. The first kappa shape index (κ1) is 29.3. The summed E-state index contributed by atoms with van der Waals surface area (Å²) in [5, 5.41) is 0. The van der Waals surface area contributed by atoms with Crippen LogP contribution in [0.15, 0.2) is 0 Å².